The molecule has 2 atom stereocenters. The average molecular weight is 686 g/mol. The zero-order chi connectivity index (χ0) is 34.2. The van der Waals surface area contributed by atoms with E-state index in [-0.39, 0.29) is 48.2 Å². The van der Waals surface area contributed by atoms with E-state index in [2.05, 4.69) is 9.97 Å². The third-order valence-corrected chi connectivity index (χ3v) is 9.52. The Morgan fingerprint density at radius 2 is 1.81 bits per heavy atom. The average Bonchev–Trinajstić information content (AvgIpc) is 3.56. The molecule has 1 saturated heterocycles. The van der Waals surface area contributed by atoms with Gasteiger partial charge in [-0.15, -0.1) is 23.1 Å². The van der Waals surface area contributed by atoms with Gasteiger partial charge in [-0.05, 0) is 29.1 Å². The Morgan fingerprint density at radius 3 is 2.36 bits per heavy atom. The summed E-state index contributed by atoms with van der Waals surface area (Å²) in [5.41, 5.74) is 13.3. The second-order valence-electron chi connectivity index (χ2n) is 10.4. The predicted octanol–water partition coefficient (Wildman–Crippen LogP) is 2.94. The number of aromatic nitrogens is 2. The number of anilines is 2. The number of aliphatic carboxylic acids is 1. The van der Waals surface area contributed by atoms with Crippen molar-refractivity contribution in [2.75, 3.05) is 45.2 Å². The molecule has 0 bridgehead atoms. The molecule has 2 aromatic heterocycles. The summed E-state index contributed by atoms with van der Waals surface area (Å²) in [6, 6.07) is 7.46. The number of ether oxygens (including phenoxy) is 4. The number of β-lactam (4-membered cyclic amide) rings is 1. The molecule has 3 aromatic rings. The molecule has 1 aromatic carbocycles. The van der Waals surface area contributed by atoms with Gasteiger partial charge in [-0.2, -0.15) is 4.98 Å². The number of Topliss-reactive ketones (excluding diaryl/α,β-unsaturated/α-hetero) is 1. The van der Waals surface area contributed by atoms with Crippen LogP contribution in [-0.4, -0.2) is 82.7 Å². The highest BCUT2D eigenvalue weighted by atomic mass is 32.2. The minimum Gasteiger partial charge on any atom is -0.493 e. The van der Waals surface area contributed by atoms with Crippen LogP contribution in [0.15, 0.2) is 47.1 Å². The Morgan fingerprint density at radius 1 is 1.11 bits per heavy atom. The number of hydrogen-bond donors (Lipinski definition) is 3. The number of carboxylic acids is 1. The van der Waals surface area contributed by atoms with Crippen molar-refractivity contribution in [3.8, 4) is 17.2 Å². The van der Waals surface area contributed by atoms with Gasteiger partial charge in [0.2, 0.25) is 17.6 Å². The number of amides is 1. The molecule has 16 heteroatoms. The van der Waals surface area contributed by atoms with Crippen LogP contribution in [0.2, 0.25) is 0 Å². The molecule has 0 radical (unpaired) electrons. The summed E-state index contributed by atoms with van der Waals surface area (Å²) in [5, 5.41) is 11.0. The molecule has 250 valence electrons. The van der Waals surface area contributed by atoms with E-state index in [1.54, 1.807) is 27.5 Å². The number of hydrogen-bond acceptors (Lipinski definition) is 14. The van der Waals surface area contributed by atoms with Gasteiger partial charge < -0.3 is 35.5 Å². The molecule has 1 fully saturated rings. The highest BCUT2D eigenvalue weighted by Crippen LogP contribution is 2.45. The number of carbonyl (C=O) groups is 4. The number of fused-ring (bicyclic) bond motifs is 1. The van der Waals surface area contributed by atoms with Crippen molar-refractivity contribution in [1.29, 1.82) is 0 Å². The molecule has 1 amide bonds. The van der Waals surface area contributed by atoms with E-state index in [1.165, 1.54) is 34.9 Å². The van der Waals surface area contributed by atoms with Crippen molar-refractivity contribution in [1.82, 2.24) is 14.9 Å². The van der Waals surface area contributed by atoms with Gasteiger partial charge in [0.05, 0.1) is 32.6 Å². The van der Waals surface area contributed by atoms with Crippen LogP contribution in [0, 0.1) is 5.92 Å². The molecule has 14 nitrogen and oxygen atoms in total. The van der Waals surface area contributed by atoms with Crippen LogP contribution in [-0.2, 0) is 36.8 Å². The van der Waals surface area contributed by atoms with Gasteiger partial charge in [-0.3, -0.25) is 19.3 Å². The zero-order valence-corrected chi connectivity index (χ0v) is 27.8. The maximum atomic E-state index is 12.5. The number of nitrogens with zero attached hydrogens (tertiary/aromatic N) is 3. The predicted molar refractivity (Wildman–Crippen MR) is 175 cm³/mol. The van der Waals surface area contributed by atoms with E-state index in [4.69, 9.17) is 30.4 Å². The lowest BCUT2D eigenvalue weighted by molar-refractivity contribution is -0.154. The third kappa shape index (κ3) is 8.31. The quantitative estimate of drug-likeness (QED) is 0.185. The van der Waals surface area contributed by atoms with Crippen LogP contribution in [0.3, 0.4) is 0 Å². The Balaban J connectivity index is 0.000000218. The molecule has 5 rings (SSSR count). The second-order valence-corrected chi connectivity index (χ2v) is 12.5. The number of ketones is 1. The number of thiophene rings is 1. The maximum absolute atomic E-state index is 12.5. The van der Waals surface area contributed by atoms with Gasteiger partial charge in [0, 0.05) is 54.1 Å². The Bertz CT molecular complexity index is 1650. The number of thioether (sulfide) groups is 1. The number of methoxy groups -OCH3 is 3. The van der Waals surface area contributed by atoms with Crippen molar-refractivity contribution in [2.24, 2.45) is 5.92 Å². The number of carboxylic acid groups (broad SMARTS) is 1. The first-order valence-electron chi connectivity index (χ1n) is 14.2. The van der Waals surface area contributed by atoms with E-state index in [9.17, 15) is 24.3 Å². The molecule has 0 aliphatic carbocycles. The minimum absolute atomic E-state index is 0.0300. The normalized spacial score (nSPS) is 16.7. The standard InChI is InChI=1S/C17H17NO6S2.C14H18N4O3/c1-9(19)24-7-10-8-26-16-13(15(21)18(16)14(10)17(22)23)6-11(20)5-12-3-2-4-25-12;1-19-10-5-8(6-11(20-2)12(10)21-3)4-9-7-17-14(16)18-13(9)15/h2-4,13,16H,5-8H2,1H3,(H,22,23);5-7H,4H2,1-3H3,(H4,15,16,17,18)/t13-,16-;/m1./s1. The molecule has 0 unspecified atom stereocenters. The number of nitrogen functional groups attached to an aromatic ring is 2. The molecule has 5 N–H and O–H groups in total. The lowest BCUT2D eigenvalue weighted by Gasteiger charge is -2.49. The molecule has 2 aliphatic heterocycles. The Hall–Kier alpha value is -4.83. The number of carbonyl (C=O) groups excluding carboxylic acids is 3. The fourth-order valence-electron chi connectivity index (χ4n) is 5.07. The van der Waals surface area contributed by atoms with Gasteiger partial charge in [0.15, 0.2) is 11.5 Å². The minimum atomic E-state index is -1.23. The zero-order valence-electron chi connectivity index (χ0n) is 26.2. The third-order valence-electron chi connectivity index (χ3n) is 7.24. The molecule has 4 heterocycles. The van der Waals surface area contributed by atoms with Crippen LogP contribution < -0.4 is 25.7 Å². The summed E-state index contributed by atoms with van der Waals surface area (Å²) in [5.74, 6) is -0.0604. The smallest absolute Gasteiger partial charge is 0.352 e. The summed E-state index contributed by atoms with van der Waals surface area (Å²) in [4.78, 5) is 57.4. The van der Waals surface area contributed by atoms with Crippen LogP contribution in [0.4, 0.5) is 11.8 Å². The lowest BCUT2D eigenvalue weighted by Crippen LogP contribution is -2.62. The van der Waals surface area contributed by atoms with Crippen LogP contribution in [0.25, 0.3) is 0 Å². The largest absolute Gasteiger partial charge is 0.493 e. The molecular weight excluding hydrogens is 651 g/mol. The molecule has 2 aliphatic rings. The molecular formula is C31H35N5O9S2. The number of esters is 1. The monoisotopic (exact) mass is 685 g/mol. The van der Waals surface area contributed by atoms with E-state index in [0.717, 1.165) is 16.0 Å². The van der Waals surface area contributed by atoms with Crippen LogP contribution in [0.1, 0.15) is 29.3 Å². The fourth-order valence-corrected chi connectivity index (χ4v) is 7.20. The summed E-state index contributed by atoms with van der Waals surface area (Å²) >= 11 is 2.89. The van der Waals surface area contributed by atoms with Crippen molar-refractivity contribution in [3.05, 3.63) is 63.1 Å². The van der Waals surface area contributed by atoms with Crippen molar-refractivity contribution in [3.63, 3.8) is 0 Å². The molecule has 0 saturated carbocycles. The summed E-state index contributed by atoms with van der Waals surface area (Å²) in [7, 11) is 4.70. The fraction of sp³-hybridized carbons (Fsp3) is 0.355. The number of rotatable bonds is 12. The van der Waals surface area contributed by atoms with Gasteiger partial charge in [-0.1, -0.05) is 6.07 Å². The Kier molecular flexibility index (Phi) is 11.7. The summed E-state index contributed by atoms with van der Waals surface area (Å²) in [6.07, 6.45) is 2.54. The van der Waals surface area contributed by atoms with Crippen LogP contribution in [0.5, 0.6) is 17.2 Å². The first-order valence-corrected chi connectivity index (χ1v) is 16.1. The van der Waals surface area contributed by atoms with Gasteiger partial charge in [-0.25, -0.2) is 9.78 Å². The van der Waals surface area contributed by atoms with Gasteiger partial charge in [0.25, 0.3) is 0 Å². The molecule has 47 heavy (non-hydrogen) atoms. The van der Waals surface area contributed by atoms with E-state index in [1.807, 2.05) is 29.6 Å². The van der Waals surface area contributed by atoms with Crippen molar-refractivity contribution < 1.29 is 43.2 Å². The number of benzene rings is 1. The van der Waals surface area contributed by atoms with E-state index < -0.39 is 17.9 Å². The number of nitrogens with two attached hydrogens (primary N) is 2. The van der Waals surface area contributed by atoms with E-state index in [0.29, 0.717) is 40.8 Å². The first-order chi connectivity index (χ1) is 22.5. The van der Waals surface area contributed by atoms with Gasteiger partial charge >= 0.3 is 11.9 Å². The van der Waals surface area contributed by atoms with Crippen molar-refractivity contribution >= 4 is 58.5 Å². The molecule has 0 spiro atoms. The summed E-state index contributed by atoms with van der Waals surface area (Å²) < 4.78 is 20.8. The van der Waals surface area contributed by atoms with Crippen molar-refractivity contribution in [2.45, 2.75) is 31.6 Å². The second kappa shape index (κ2) is 15.6. The topological polar surface area (TPSA) is 206 Å². The van der Waals surface area contributed by atoms with Gasteiger partial charge in [0.1, 0.15) is 23.9 Å². The highest BCUT2D eigenvalue weighted by molar-refractivity contribution is 8.00. The highest BCUT2D eigenvalue weighted by Gasteiger charge is 2.53. The maximum Gasteiger partial charge on any atom is 0.352 e. The van der Waals surface area contributed by atoms with E-state index >= 15 is 0 Å². The first kappa shape index (κ1) is 35.0. The summed E-state index contributed by atoms with van der Waals surface area (Å²) in [6.45, 7) is 1.09. The SMILES string of the molecule is CC(=O)OCC1=C(C(=O)O)N2C(=O)[C@@H](CC(=O)Cc3cccs3)[C@H]2SC1.COc1cc(Cc2cnc(N)nc2N)cc(OC)c1OC. The lowest BCUT2D eigenvalue weighted by atomic mass is 9.89. The Labute approximate surface area is 279 Å². The van der Waals surface area contributed by atoms with Crippen LogP contribution >= 0.6 is 23.1 Å².